The van der Waals surface area contributed by atoms with Crippen LogP contribution in [0.3, 0.4) is 0 Å². The Hall–Kier alpha value is -1.64. The van der Waals surface area contributed by atoms with Crippen LogP contribution >= 0.6 is 0 Å². The van der Waals surface area contributed by atoms with Crippen molar-refractivity contribution >= 4 is 17.5 Å². The molecule has 0 heterocycles. The molecule has 220 valence electrons. The van der Waals surface area contributed by atoms with E-state index in [4.69, 9.17) is 4.74 Å². The number of esters is 1. The first-order chi connectivity index (χ1) is 18.4. The standard InChI is InChI=1S/C31H48FNO6/c1-5-33(6-2)17-9-7-8-10-27(37)39-20-26(36)30(38)16-14-23-24-12-11-21-18-22(34)13-15-28(21,3)31(24,32)25(35)19-29(23,30)4/h18,23-25,35,38H,5-17,19-20H2,1-4H3/t23-,24-,25+,28-,29-,30-,31-/m0/s1. The average Bonchev–Trinajstić information content (AvgIpc) is 3.17. The van der Waals surface area contributed by atoms with Gasteiger partial charge in [-0.2, -0.15) is 0 Å². The molecule has 39 heavy (non-hydrogen) atoms. The number of Topliss-reactive ketones (excluding diaryl/α,β-unsaturated/α-hetero) is 1. The van der Waals surface area contributed by atoms with Gasteiger partial charge in [0.25, 0.3) is 0 Å². The predicted molar refractivity (Wildman–Crippen MR) is 146 cm³/mol. The highest BCUT2D eigenvalue weighted by Gasteiger charge is 2.74. The minimum Gasteiger partial charge on any atom is -0.458 e. The lowest BCUT2D eigenvalue weighted by molar-refractivity contribution is -0.227. The maximum atomic E-state index is 17.2. The van der Waals surface area contributed by atoms with Crippen LogP contribution in [0.1, 0.15) is 98.3 Å². The van der Waals surface area contributed by atoms with Crippen LogP contribution in [0.5, 0.6) is 0 Å². The number of fused-ring (bicyclic) bond motifs is 5. The van der Waals surface area contributed by atoms with Crippen molar-refractivity contribution in [2.75, 3.05) is 26.2 Å². The number of carbonyl (C=O) groups excluding carboxylic acids is 3. The summed E-state index contributed by atoms with van der Waals surface area (Å²) in [6, 6.07) is 0. The van der Waals surface area contributed by atoms with Crippen LogP contribution in [-0.2, 0) is 19.1 Å². The molecular formula is C31H48FNO6. The second kappa shape index (κ2) is 11.3. The maximum absolute atomic E-state index is 17.2. The first-order valence-electron chi connectivity index (χ1n) is 15.1. The second-order valence-corrected chi connectivity index (χ2v) is 12.9. The monoisotopic (exact) mass is 549 g/mol. The van der Waals surface area contributed by atoms with Crippen molar-refractivity contribution in [1.29, 1.82) is 0 Å². The molecule has 0 spiro atoms. The number of hydrogen-bond acceptors (Lipinski definition) is 7. The van der Waals surface area contributed by atoms with E-state index < -0.39 is 52.5 Å². The molecule has 0 radical (unpaired) electrons. The van der Waals surface area contributed by atoms with E-state index in [1.54, 1.807) is 13.0 Å². The first-order valence-corrected chi connectivity index (χ1v) is 15.1. The van der Waals surface area contributed by atoms with E-state index in [0.29, 0.717) is 32.1 Å². The van der Waals surface area contributed by atoms with Gasteiger partial charge in [0, 0.05) is 29.6 Å². The van der Waals surface area contributed by atoms with Crippen molar-refractivity contribution in [3.8, 4) is 0 Å². The van der Waals surface area contributed by atoms with Crippen LogP contribution in [0, 0.1) is 22.7 Å². The predicted octanol–water partition coefficient (Wildman–Crippen LogP) is 4.33. The van der Waals surface area contributed by atoms with Crippen molar-refractivity contribution in [3.63, 3.8) is 0 Å². The molecular weight excluding hydrogens is 501 g/mol. The molecule has 7 atom stereocenters. The zero-order valence-corrected chi connectivity index (χ0v) is 24.3. The van der Waals surface area contributed by atoms with Gasteiger partial charge >= 0.3 is 5.97 Å². The number of ketones is 2. The summed E-state index contributed by atoms with van der Waals surface area (Å²) >= 11 is 0. The van der Waals surface area contributed by atoms with Gasteiger partial charge in [-0.3, -0.25) is 14.4 Å². The number of carbonyl (C=O) groups is 3. The van der Waals surface area contributed by atoms with Gasteiger partial charge in [-0.15, -0.1) is 0 Å². The highest BCUT2D eigenvalue weighted by molar-refractivity contribution is 5.92. The van der Waals surface area contributed by atoms with Gasteiger partial charge in [-0.1, -0.05) is 39.7 Å². The minimum absolute atomic E-state index is 0.00896. The van der Waals surface area contributed by atoms with Crippen LogP contribution < -0.4 is 0 Å². The lowest BCUT2D eigenvalue weighted by atomic mass is 9.44. The Labute approximate surface area is 232 Å². The van der Waals surface area contributed by atoms with Crippen molar-refractivity contribution in [1.82, 2.24) is 4.90 Å². The van der Waals surface area contributed by atoms with Gasteiger partial charge in [0.05, 0.1) is 6.10 Å². The number of aliphatic hydroxyl groups excluding tert-OH is 1. The Balaban J connectivity index is 1.39. The van der Waals surface area contributed by atoms with Gasteiger partial charge in [-0.25, -0.2) is 4.39 Å². The fraction of sp³-hybridized carbons (Fsp3) is 0.839. The summed E-state index contributed by atoms with van der Waals surface area (Å²) in [6.07, 6.45) is 5.27. The molecule has 4 rings (SSSR count). The van der Waals surface area contributed by atoms with Crippen LogP contribution in [-0.4, -0.2) is 76.3 Å². The third kappa shape index (κ3) is 4.93. The van der Waals surface area contributed by atoms with Crippen molar-refractivity contribution in [3.05, 3.63) is 11.6 Å². The SMILES string of the molecule is CCN(CC)CCCCCC(=O)OCC(=O)[C@@]1(O)CC[C@H]2[C@@H]3CCC4=CC(=O)CC[C@]4(C)[C@@]3(F)[C@H](O)C[C@@]21C. The van der Waals surface area contributed by atoms with Gasteiger partial charge < -0.3 is 19.8 Å². The number of alkyl halides is 1. The molecule has 0 unspecified atom stereocenters. The molecule has 0 saturated heterocycles. The molecule has 7 nitrogen and oxygen atoms in total. The fourth-order valence-electron chi connectivity index (χ4n) is 8.69. The van der Waals surface area contributed by atoms with Crippen LogP contribution in [0.2, 0.25) is 0 Å². The Morgan fingerprint density at radius 1 is 1.08 bits per heavy atom. The summed E-state index contributed by atoms with van der Waals surface area (Å²) in [7, 11) is 0. The zero-order chi connectivity index (χ0) is 28.6. The van der Waals surface area contributed by atoms with E-state index in [-0.39, 0.29) is 37.4 Å². The number of rotatable bonds is 11. The lowest BCUT2D eigenvalue weighted by Gasteiger charge is -2.63. The van der Waals surface area contributed by atoms with Gasteiger partial charge in [-0.05, 0) is 83.0 Å². The van der Waals surface area contributed by atoms with Crippen molar-refractivity contribution in [2.24, 2.45) is 22.7 Å². The van der Waals surface area contributed by atoms with Gasteiger partial charge in [0.1, 0.15) is 11.3 Å². The molecule has 0 aromatic rings. The van der Waals surface area contributed by atoms with Crippen molar-refractivity contribution < 1.29 is 33.7 Å². The largest absolute Gasteiger partial charge is 0.458 e. The summed E-state index contributed by atoms with van der Waals surface area (Å²) in [6.45, 7) is 10.4. The number of ether oxygens (including phenoxy) is 1. The third-order valence-electron chi connectivity index (χ3n) is 11.3. The van der Waals surface area contributed by atoms with Crippen LogP contribution in [0.15, 0.2) is 11.6 Å². The normalized spacial score (nSPS) is 39.5. The topological polar surface area (TPSA) is 104 Å². The Morgan fingerprint density at radius 2 is 1.79 bits per heavy atom. The number of aliphatic hydroxyl groups is 2. The molecule has 8 heteroatoms. The number of unbranched alkanes of at least 4 members (excludes halogenated alkanes) is 2. The number of nitrogens with zero attached hydrogens (tertiary/aromatic N) is 1. The lowest BCUT2D eigenvalue weighted by Crippen LogP contribution is -2.69. The molecule has 0 aliphatic heterocycles. The van der Waals surface area contributed by atoms with E-state index in [1.807, 2.05) is 6.92 Å². The number of allylic oxidation sites excluding steroid dienone is 1. The van der Waals surface area contributed by atoms with E-state index >= 15 is 4.39 Å². The third-order valence-corrected chi connectivity index (χ3v) is 11.3. The summed E-state index contributed by atoms with van der Waals surface area (Å²) in [5.41, 5.74) is -4.89. The van der Waals surface area contributed by atoms with Gasteiger partial charge in [0.15, 0.2) is 12.4 Å². The molecule has 0 aromatic heterocycles. The summed E-state index contributed by atoms with van der Waals surface area (Å²) in [5.74, 6) is -1.83. The minimum atomic E-state index is -1.92. The van der Waals surface area contributed by atoms with Crippen LogP contribution in [0.4, 0.5) is 4.39 Å². The highest BCUT2D eigenvalue weighted by atomic mass is 19.1. The number of hydrogen-bond donors (Lipinski definition) is 2. The Bertz CT molecular complexity index is 996. The van der Waals surface area contributed by atoms with E-state index in [9.17, 15) is 24.6 Å². The van der Waals surface area contributed by atoms with E-state index in [0.717, 1.165) is 38.0 Å². The molecule has 4 aliphatic carbocycles. The smallest absolute Gasteiger partial charge is 0.306 e. The molecule has 4 aliphatic rings. The molecule has 0 aromatic carbocycles. The molecule has 0 amide bonds. The average molecular weight is 550 g/mol. The highest BCUT2D eigenvalue weighted by Crippen LogP contribution is 2.70. The molecule has 3 fully saturated rings. The first kappa shape index (κ1) is 30.3. The quantitative estimate of drug-likeness (QED) is 0.292. The zero-order valence-electron chi connectivity index (χ0n) is 24.3. The van der Waals surface area contributed by atoms with Crippen LogP contribution in [0.25, 0.3) is 0 Å². The molecule has 3 saturated carbocycles. The second-order valence-electron chi connectivity index (χ2n) is 12.9. The summed E-state index contributed by atoms with van der Waals surface area (Å²) < 4.78 is 22.5. The number of halogens is 1. The molecule has 2 N–H and O–H groups in total. The van der Waals surface area contributed by atoms with Gasteiger partial charge in [0.2, 0.25) is 5.78 Å². The van der Waals surface area contributed by atoms with Crippen molar-refractivity contribution in [2.45, 2.75) is 116 Å². The summed E-state index contributed by atoms with van der Waals surface area (Å²) in [5, 5.41) is 23.1. The Morgan fingerprint density at radius 3 is 2.49 bits per heavy atom. The van der Waals surface area contributed by atoms with E-state index in [1.165, 1.54) is 0 Å². The maximum Gasteiger partial charge on any atom is 0.306 e. The fourth-order valence-corrected chi connectivity index (χ4v) is 8.69. The molecule has 0 bridgehead atoms. The summed E-state index contributed by atoms with van der Waals surface area (Å²) in [4.78, 5) is 40.1. The van der Waals surface area contributed by atoms with E-state index in [2.05, 4.69) is 18.7 Å². The Kier molecular flexibility index (Phi) is 8.80.